The highest BCUT2D eigenvalue weighted by Gasteiger charge is 2.14. The second-order valence-corrected chi connectivity index (χ2v) is 6.07. The van der Waals surface area contributed by atoms with Crippen LogP contribution in [0.25, 0.3) is 16.7 Å². The fraction of sp³-hybridized carbons (Fsp3) is 0.133. The number of imidazole rings is 1. The summed E-state index contributed by atoms with van der Waals surface area (Å²) in [6.07, 6.45) is 0. The van der Waals surface area contributed by atoms with E-state index in [1.54, 1.807) is 0 Å². The zero-order valence-corrected chi connectivity index (χ0v) is 13.8. The lowest BCUT2D eigenvalue weighted by Crippen LogP contribution is -2.00. The van der Waals surface area contributed by atoms with Crippen molar-refractivity contribution < 1.29 is 0 Å². The van der Waals surface area contributed by atoms with Crippen LogP contribution in [0.4, 0.5) is 0 Å². The van der Waals surface area contributed by atoms with Crippen LogP contribution in [-0.4, -0.2) is 9.55 Å². The van der Waals surface area contributed by atoms with Gasteiger partial charge in [-0.3, -0.25) is 4.57 Å². The second kappa shape index (κ2) is 5.40. The fourth-order valence-corrected chi connectivity index (χ4v) is 2.95. The van der Waals surface area contributed by atoms with E-state index in [1.807, 2.05) is 34.9 Å². The topological polar surface area (TPSA) is 17.8 Å². The molecule has 0 atom stereocenters. The van der Waals surface area contributed by atoms with E-state index in [-0.39, 0.29) is 0 Å². The largest absolute Gasteiger partial charge is 0.294 e. The molecule has 2 aromatic carbocycles. The number of fused-ring (bicyclic) bond motifs is 1. The maximum atomic E-state index is 6.34. The molecule has 1 heterocycles. The molecule has 102 valence electrons. The van der Waals surface area contributed by atoms with Crippen molar-refractivity contribution in [2.75, 3.05) is 0 Å². The predicted octanol–water partition coefficient (Wildman–Crippen LogP) is 5.49. The SMILES string of the molecule is Cc1cc(-n2c(CCl)nc3cccc(Cl)c32)ccc1Br. The number of hydrogen-bond acceptors (Lipinski definition) is 1. The summed E-state index contributed by atoms with van der Waals surface area (Å²) in [6, 6.07) is 11.8. The third-order valence-electron chi connectivity index (χ3n) is 3.22. The van der Waals surface area contributed by atoms with Crippen LogP contribution in [0.2, 0.25) is 5.02 Å². The maximum Gasteiger partial charge on any atom is 0.129 e. The van der Waals surface area contributed by atoms with Crippen LogP contribution in [0, 0.1) is 6.92 Å². The van der Waals surface area contributed by atoms with Crippen LogP contribution in [0.1, 0.15) is 11.4 Å². The highest BCUT2D eigenvalue weighted by molar-refractivity contribution is 9.10. The first-order valence-corrected chi connectivity index (χ1v) is 7.80. The molecule has 0 amide bonds. The summed E-state index contributed by atoms with van der Waals surface area (Å²) in [5.41, 5.74) is 3.91. The van der Waals surface area contributed by atoms with E-state index in [2.05, 4.69) is 33.9 Å². The van der Waals surface area contributed by atoms with Crippen molar-refractivity contribution in [2.24, 2.45) is 0 Å². The molecule has 0 spiro atoms. The molecule has 0 radical (unpaired) electrons. The molecule has 5 heteroatoms. The van der Waals surface area contributed by atoms with Crippen molar-refractivity contribution in [1.82, 2.24) is 9.55 Å². The fourth-order valence-electron chi connectivity index (χ4n) is 2.27. The first-order valence-electron chi connectivity index (χ1n) is 6.10. The number of benzene rings is 2. The molecular formula is C15H11BrCl2N2. The number of aryl methyl sites for hydroxylation is 1. The second-order valence-electron chi connectivity index (χ2n) is 4.54. The molecule has 0 saturated carbocycles. The van der Waals surface area contributed by atoms with Crippen LogP contribution in [0.15, 0.2) is 40.9 Å². The lowest BCUT2D eigenvalue weighted by molar-refractivity contribution is 0.979. The number of alkyl halides is 1. The van der Waals surface area contributed by atoms with Gasteiger partial charge in [-0.15, -0.1) is 11.6 Å². The monoisotopic (exact) mass is 368 g/mol. The number of halogens is 3. The molecule has 3 rings (SSSR count). The van der Waals surface area contributed by atoms with E-state index in [4.69, 9.17) is 23.2 Å². The summed E-state index contributed by atoms with van der Waals surface area (Å²) in [7, 11) is 0. The first kappa shape index (κ1) is 13.9. The highest BCUT2D eigenvalue weighted by Crippen LogP contribution is 2.30. The minimum Gasteiger partial charge on any atom is -0.294 e. The van der Waals surface area contributed by atoms with Crippen LogP contribution < -0.4 is 0 Å². The molecule has 0 saturated heterocycles. The predicted molar refractivity (Wildman–Crippen MR) is 88.1 cm³/mol. The van der Waals surface area contributed by atoms with Gasteiger partial charge < -0.3 is 0 Å². The summed E-state index contributed by atoms with van der Waals surface area (Å²) >= 11 is 15.9. The van der Waals surface area contributed by atoms with Gasteiger partial charge in [0.15, 0.2) is 0 Å². The molecule has 0 fully saturated rings. The Morgan fingerprint density at radius 2 is 2.05 bits per heavy atom. The van der Waals surface area contributed by atoms with Gasteiger partial charge in [-0.1, -0.05) is 33.6 Å². The van der Waals surface area contributed by atoms with Crippen molar-refractivity contribution in [3.05, 3.63) is 57.3 Å². The van der Waals surface area contributed by atoms with Crippen LogP contribution in [0.5, 0.6) is 0 Å². The molecule has 0 N–H and O–H groups in total. The highest BCUT2D eigenvalue weighted by atomic mass is 79.9. The van der Waals surface area contributed by atoms with Gasteiger partial charge in [-0.25, -0.2) is 4.98 Å². The van der Waals surface area contributed by atoms with Gasteiger partial charge >= 0.3 is 0 Å². The Hall–Kier alpha value is -1.03. The molecule has 2 nitrogen and oxygen atoms in total. The van der Waals surface area contributed by atoms with Gasteiger partial charge in [-0.2, -0.15) is 0 Å². The van der Waals surface area contributed by atoms with E-state index >= 15 is 0 Å². The van der Waals surface area contributed by atoms with E-state index in [0.29, 0.717) is 10.9 Å². The third-order valence-corrected chi connectivity index (χ3v) is 4.65. The van der Waals surface area contributed by atoms with Gasteiger partial charge in [-0.05, 0) is 42.8 Å². The molecule has 0 bridgehead atoms. The summed E-state index contributed by atoms with van der Waals surface area (Å²) in [6.45, 7) is 2.05. The number of aromatic nitrogens is 2. The van der Waals surface area contributed by atoms with E-state index in [1.165, 1.54) is 0 Å². The summed E-state index contributed by atoms with van der Waals surface area (Å²) < 4.78 is 3.09. The molecule has 20 heavy (non-hydrogen) atoms. The molecule has 1 aromatic heterocycles. The Kier molecular flexibility index (Phi) is 3.76. The summed E-state index contributed by atoms with van der Waals surface area (Å²) in [5, 5.41) is 0.673. The van der Waals surface area contributed by atoms with Gasteiger partial charge in [0.05, 0.1) is 21.9 Å². The lowest BCUT2D eigenvalue weighted by atomic mass is 10.2. The van der Waals surface area contributed by atoms with Gasteiger partial charge in [0, 0.05) is 10.2 Å². The van der Waals surface area contributed by atoms with Crippen LogP contribution >= 0.6 is 39.1 Å². The Labute approximate surface area is 135 Å². The van der Waals surface area contributed by atoms with Crippen LogP contribution in [0.3, 0.4) is 0 Å². The quantitative estimate of drug-likeness (QED) is 0.546. The van der Waals surface area contributed by atoms with Gasteiger partial charge in [0.1, 0.15) is 5.82 Å². The molecule has 0 aliphatic rings. The summed E-state index contributed by atoms with van der Waals surface area (Å²) in [5.74, 6) is 1.12. The van der Waals surface area contributed by atoms with E-state index < -0.39 is 0 Å². The first-order chi connectivity index (χ1) is 9.61. The zero-order chi connectivity index (χ0) is 14.3. The molecule has 3 aromatic rings. The zero-order valence-electron chi connectivity index (χ0n) is 10.7. The average Bonchev–Trinajstić information content (AvgIpc) is 2.82. The average molecular weight is 370 g/mol. The van der Waals surface area contributed by atoms with Crippen LogP contribution in [-0.2, 0) is 5.88 Å². The number of para-hydroxylation sites is 1. The Balaban J connectivity index is 2.36. The van der Waals surface area contributed by atoms with E-state index in [9.17, 15) is 0 Å². The standard InChI is InChI=1S/C15H11BrCl2N2/c1-9-7-10(5-6-11(9)16)20-14(8-17)19-13-4-2-3-12(18)15(13)20/h2-7H,8H2,1H3. The van der Waals surface area contributed by atoms with Crippen molar-refractivity contribution >= 4 is 50.2 Å². The Morgan fingerprint density at radius 1 is 1.25 bits per heavy atom. The Bertz CT molecular complexity index is 796. The number of nitrogens with zero attached hydrogens (tertiary/aromatic N) is 2. The molecule has 0 aliphatic carbocycles. The normalized spacial score (nSPS) is 11.2. The van der Waals surface area contributed by atoms with Gasteiger partial charge in [0.25, 0.3) is 0 Å². The van der Waals surface area contributed by atoms with Crippen molar-refractivity contribution in [1.29, 1.82) is 0 Å². The smallest absolute Gasteiger partial charge is 0.129 e. The van der Waals surface area contributed by atoms with E-state index in [0.717, 1.165) is 32.6 Å². The lowest BCUT2D eigenvalue weighted by Gasteiger charge is -2.10. The third kappa shape index (κ3) is 2.24. The van der Waals surface area contributed by atoms with Crippen molar-refractivity contribution in [3.63, 3.8) is 0 Å². The van der Waals surface area contributed by atoms with Gasteiger partial charge in [0.2, 0.25) is 0 Å². The Morgan fingerprint density at radius 3 is 2.75 bits per heavy atom. The maximum absolute atomic E-state index is 6.34. The number of hydrogen-bond donors (Lipinski definition) is 0. The van der Waals surface area contributed by atoms with Crippen molar-refractivity contribution in [3.8, 4) is 5.69 Å². The summed E-state index contributed by atoms with van der Waals surface area (Å²) in [4.78, 5) is 4.56. The molecule has 0 unspecified atom stereocenters. The molecule has 0 aliphatic heterocycles. The minimum atomic E-state index is 0.333. The number of rotatable bonds is 2. The van der Waals surface area contributed by atoms with Crippen molar-refractivity contribution in [2.45, 2.75) is 12.8 Å². The molecular weight excluding hydrogens is 359 g/mol. The minimum absolute atomic E-state index is 0.333.